The number of carbonyl (C=O) groups excluding carboxylic acids is 2. The fourth-order valence-electron chi connectivity index (χ4n) is 3.71. The number of amides is 2. The van der Waals surface area contributed by atoms with E-state index in [2.05, 4.69) is 21.6 Å². The number of hydrogen-bond acceptors (Lipinski definition) is 5. The molecular weight excluding hydrogens is 358 g/mol. The number of rotatable bonds is 8. The monoisotopic (exact) mass is 389 g/mol. The third-order valence-electron chi connectivity index (χ3n) is 5.50. The Morgan fingerprint density at radius 1 is 1.29 bits per heavy atom. The van der Waals surface area contributed by atoms with Crippen LogP contribution in [0.3, 0.4) is 0 Å². The molecule has 154 valence electrons. The number of nitriles is 1. The second kappa shape index (κ2) is 10.2. The van der Waals surface area contributed by atoms with Gasteiger partial charge in [-0.3, -0.25) is 14.5 Å². The van der Waals surface area contributed by atoms with E-state index in [1.807, 2.05) is 18.4 Å². The Hall–Kier alpha value is -2.37. The summed E-state index contributed by atoms with van der Waals surface area (Å²) in [6, 6.07) is 2.22. The van der Waals surface area contributed by atoms with E-state index < -0.39 is 0 Å². The summed E-state index contributed by atoms with van der Waals surface area (Å²) in [5.41, 5.74) is 2.39. The van der Waals surface area contributed by atoms with Crippen LogP contribution in [0.1, 0.15) is 36.1 Å². The summed E-state index contributed by atoms with van der Waals surface area (Å²) in [7, 11) is 3.31. The van der Waals surface area contributed by atoms with Gasteiger partial charge in [0, 0.05) is 38.9 Å². The molecule has 28 heavy (non-hydrogen) atoms. The lowest BCUT2D eigenvalue weighted by atomic mass is 9.96. The van der Waals surface area contributed by atoms with E-state index in [0.29, 0.717) is 37.6 Å². The zero-order valence-corrected chi connectivity index (χ0v) is 17.3. The van der Waals surface area contributed by atoms with Gasteiger partial charge in [-0.2, -0.15) is 5.26 Å². The lowest BCUT2D eigenvalue weighted by Crippen LogP contribution is -2.42. The average Bonchev–Trinajstić information content (AvgIpc) is 2.91. The van der Waals surface area contributed by atoms with Crippen LogP contribution in [0.5, 0.6) is 0 Å². The number of aromatic nitrogens is 1. The molecule has 0 atom stereocenters. The normalized spacial score (nSPS) is 15.2. The summed E-state index contributed by atoms with van der Waals surface area (Å²) in [5.74, 6) is 0.527. The van der Waals surface area contributed by atoms with Crippen LogP contribution >= 0.6 is 0 Å². The predicted molar refractivity (Wildman–Crippen MR) is 107 cm³/mol. The third-order valence-corrected chi connectivity index (χ3v) is 5.50. The second-order valence-corrected chi connectivity index (χ2v) is 7.26. The highest BCUT2D eigenvalue weighted by atomic mass is 16.5. The summed E-state index contributed by atoms with van der Waals surface area (Å²) in [6.07, 6.45) is 2.30. The molecule has 2 heterocycles. The van der Waals surface area contributed by atoms with Gasteiger partial charge in [-0.1, -0.05) is 0 Å². The number of nitrogens with zero attached hydrogens (tertiary/aromatic N) is 3. The largest absolute Gasteiger partial charge is 0.385 e. The minimum atomic E-state index is -0.139. The first kappa shape index (κ1) is 21.9. The summed E-state index contributed by atoms with van der Waals surface area (Å²) >= 11 is 0. The molecule has 2 N–H and O–H groups in total. The quantitative estimate of drug-likeness (QED) is 0.655. The van der Waals surface area contributed by atoms with Crippen molar-refractivity contribution >= 4 is 17.6 Å². The Labute approximate surface area is 166 Å². The topological polar surface area (TPSA) is 99.4 Å². The molecule has 1 aliphatic rings. The lowest BCUT2D eigenvalue weighted by molar-refractivity contribution is -0.126. The van der Waals surface area contributed by atoms with Crippen molar-refractivity contribution in [3.63, 3.8) is 0 Å². The Bertz CT molecular complexity index is 742. The number of piperidine rings is 1. The van der Waals surface area contributed by atoms with E-state index >= 15 is 0 Å². The van der Waals surface area contributed by atoms with Crippen molar-refractivity contribution in [3.05, 3.63) is 16.8 Å². The molecule has 0 saturated carbocycles. The van der Waals surface area contributed by atoms with Crippen LogP contribution in [-0.4, -0.2) is 61.7 Å². The number of hydrogen-bond donors (Lipinski definition) is 2. The predicted octanol–water partition coefficient (Wildman–Crippen LogP) is 1.41. The zero-order chi connectivity index (χ0) is 20.7. The molecule has 1 aliphatic heterocycles. The highest BCUT2D eigenvalue weighted by molar-refractivity contribution is 5.93. The fraction of sp³-hybridized carbons (Fsp3) is 0.650. The second-order valence-electron chi connectivity index (χ2n) is 7.26. The number of anilines is 1. The smallest absolute Gasteiger partial charge is 0.239 e. The SMILES string of the molecule is CNC(=O)C1CCN(CC(=O)Nc2c(C#N)c(C)c(C)n2CCCOC)CC1. The highest BCUT2D eigenvalue weighted by Crippen LogP contribution is 2.27. The van der Waals surface area contributed by atoms with E-state index in [1.165, 1.54) is 0 Å². The first-order valence-electron chi connectivity index (χ1n) is 9.75. The van der Waals surface area contributed by atoms with Crippen LogP contribution in [0, 0.1) is 31.1 Å². The molecule has 1 saturated heterocycles. The average molecular weight is 390 g/mol. The Morgan fingerprint density at radius 2 is 1.96 bits per heavy atom. The van der Waals surface area contributed by atoms with Crippen LogP contribution in [0.4, 0.5) is 5.82 Å². The standard InChI is InChI=1S/C20H31N5O3/c1-14-15(2)25(8-5-11-28-4)19(17(14)12-21)23-18(26)13-24-9-6-16(7-10-24)20(27)22-3/h16H,5-11,13H2,1-4H3,(H,22,27)(H,23,26). The molecule has 0 radical (unpaired) electrons. The third kappa shape index (κ3) is 5.12. The minimum Gasteiger partial charge on any atom is -0.385 e. The van der Waals surface area contributed by atoms with Crippen molar-refractivity contribution in [2.24, 2.45) is 5.92 Å². The Kier molecular flexibility index (Phi) is 8.03. The number of carbonyl (C=O) groups is 2. The molecule has 8 heteroatoms. The van der Waals surface area contributed by atoms with E-state index in [0.717, 1.165) is 30.5 Å². The summed E-state index contributed by atoms with van der Waals surface area (Å²) in [5, 5.41) is 15.2. The van der Waals surface area contributed by atoms with Gasteiger partial charge in [-0.05, 0) is 51.8 Å². The zero-order valence-electron chi connectivity index (χ0n) is 17.3. The maximum Gasteiger partial charge on any atom is 0.239 e. The number of likely N-dealkylation sites (tertiary alicyclic amines) is 1. The molecule has 0 unspecified atom stereocenters. The van der Waals surface area contributed by atoms with Crippen LogP contribution in [0.2, 0.25) is 0 Å². The van der Waals surface area contributed by atoms with Gasteiger partial charge < -0.3 is 19.9 Å². The molecule has 2 amide bonds. The molecule has 1 aromatic rings. The van der Waals surface area contributed by atoms with Crippen LogP contribution in [-0.2, 0) is 20.9 Å². The molecule has 1 fully saturated rings. The summed E-state index contributed by atoms with van der Waals surface area (Å²) < 4.78 is 7.11. The number of nitrogens with one attached hydrogen (secondary N) is 2. The molecule has 0 aliphatic carbocycles. The first-order chi connectivity index (χ1) is 13.4. The van der Waals surface area contributed by atoms with Gasteiger partial charge >= 0.3 is 0 Å². The maximum absolute atomic E-state index is 12.6. The van der Waals surface area contributed by atoms with Crippen LogP contribution < -0.4 is 10.6 Å². The van der Waals surface area contributed by atoms with Crippen LogP contribution in [0.25, 0.3) is 0 Å². The number of methoxy groups -OCH3 is 1. The van der Waals surface area contributed by atoms with Gasteiger partial charge in [0.05, 0.1) is 12.1 Å². The molecule has 0 aromatic carbocycles. The Balaban J connectivity index is 2.02. The first-order valence-corrected chi connectivity index (χ1v) is 9.75. The Morgan fingerprint density at radius 3 is 2.54 bits per heavy atom. The highest BCUT2D eigenvalue weighted by Gasteiger charge is 2.26. The van der Waals surface area contributed by atoms with Crippen molar-refractivity contribution in [2.45, 2.75) is 39.7 Å². The van der Waals surface area contributed by atoms with Gasteiger partial charge in [0.15, 0.2) is 0 Å². The maximum atomic E-state index is 12.6. The summed E-state index contributed by atoms with van der Waals surface area (Å²) in [6.45, 7) is 6.84. The van der Waals surface area contributed by atoms with E-state index in [1.54, 1.807) is 14.2 Å². The summed E-state index contributed by atoms with van der Waals surface area (Å²) in [4.78, 5) is 26.4. The van der Waals surface area contributed by atoms with Crippen molar-refractivity contribution in [3.8, 4) is 6.07 Å². The molecular formula is C20H31N5O3. The molecule has 1 aromatic heterocycles. The van der Waals surface area contributed by atoms with Crippen molar-refractivity contribution < 1.29 is 14.3 Å². The minimum absolute atomic E-state index is 0.0258. The van der Waals surface area contributed by atoms with Gasteiger partial charge in [0.1, 0.15) is 11.9 Å². The lowest BCUT2D eigenvalue weighted by Gasteiger charge is -2.30. The van der Waals surface area contributed by atoms with Crippen molar-refractivity contribution in [2.75, 3.05) is 45.7 Å². The van der Waals surface area contributed by atoms with Gasteiger partial charge in [0.25, 0.3) is 0 Å². The fourth-order valence-corrected chi connectivity index (χ4v) is 3.71. The molecule has 8 nitrogen and oxygen atoms in total. The van der Waals surface area contributed by atoms with E-state index in [-0.39, 0.29) is 24.3 Å². The van der Waals surface area contributed by atoms with Crippen molar-refractivity contribution in [1.29, 1.82) is 5.26 Å². The van der Waals surface area contributed by atoms with Crippen LogP contribution in [0.15, 0.2) is 0 Å². The van der Waals surface area contributed by atoms with Gasteiger partial charge in [0.2, 0.25) is 11.8 Å². The van der Waals surface area contributed by atoms with Gasteiger partial charge in [-0.25, -0.2) is 0 Å². The number of ether oxygens (including phenoxy) is 1. The van der Waals surface area contributed by atoms with Crippen molar-refractivity contribution in [1.82, 2.24) is 14.8 Å². The molecule has 0 spiro atoms. The van der Waals surface area contributed by atoms with E-state index in [4.69, 9.17) is 4.74 Å². The molecule has 0 bridgehead atoms. The van der Waals surface area contributed by atoms with E-state index in [9.17, 15) is 14.9 Å². The van der Waals surface area contributed by atoms with Gasteiger partial charge in [-0.15, -0.1) is 0 Å². The molecule has 2 rings (SSSR count).